The van der Waals surface area contributed by atoms with Crippen molar-refractivity contribution in [2.75, 3.05) is 0 Å². The van der Waals surface area contributed by atoms with Crippen LogP contribution in [0.25, 0.3) is 12.2 Å². The van der Waals surface area contributed by atoms with Crippen molar-refractivity contribution in [1.82, 2.24) is 0 Å². The molecule has 2 unspecified atom stereocenters. The van der Waals surface area contributed by atoms with Gasteiger partial charge < -0.3 is 0 Å². The van der Waals surface area contributed by atoms with Crippen LogP contribution in [0.15, 0.2) is 36.4 Å². The zero-order chi connectivity index (χ0) is 39.2. The molecular weight excluding hydrogens is 843 g/mol. The van der Waals surface area contributed by atoms with Crippen LogP contribution < -0.4 is 17.7 Å². The van der Waals surface area contributed by atoms with Gasteiger partial charge in [-0.15, -0.1) is 0 Å². The molecule has 0 N–H and O–H groups in total. The second-order valence-electron chi connectivity index (χ2n) is 15.6. The summed E-state index contributed by atoms with van der Waals surface area (Å²) in [6, 6.07) is 22.0. The fourth-order valence-electron chi connectivity index (χ4n) is 8.60. The Bertz CT molecular complexity index is 1450. The molecule has 0 aromatic heterocycles. The Hall–Kier alpha value is -0.549. The standard InChI is InChI=1S/2C21H35O2Si2.2ClH.Zr/c2*1-7-24(8-2,9-3)22-20-16-18-14-13-15-19(18)17-21(20)23-25(10-4,11-5)12-6;;;/h2*13-17H,7-12H2,1-6H3;2*1H;/q;;;;+2/p-2. The van der Waals surface area contributed by atoms with Crippen molar-refractivity contribution in [3.63, 3.8) is 0 Å². The number of hydrogen-bond acceptors (Lipinski definition) is 4. The second-order valence-corrected chi connectivity index (χ2v) is 49.3. The van der Waals surface area contributed by atoms with Crippen LogP contribution in [0, 0.1) is 0 Å². The summed E-state index contributed by atoms with van der Waals surface area (Å²) in [7, 11) is 7.94. The molecule has 2 aliphatic rings. The Morgan fingerprint density at radius 2 is 0.642 bits per heavy atom. The van der Waals surface area contributed by atoms with E-state index in [1.807, 2.05) is 0 Å². The number of benzene rings is 2. The molecule has 0 fully saturated rings. The van der Waals surface area contributed by atoms with Crippen molar-refractivity contribution in [3.8, 4) is 23.0 Å². The predicted molar refractivity (Wildman–Crippen MR) is 239 cm³/mol. The topological polar surface area (TPSA) is 36.9 Å². The van der Waals surface area contributed by atoms with Gasteiger partial charge >= 0.3 is 343 Å². The van der Waals surface area contributed by atoms with Gasteiger partial charge in [0.15, 0.2) is 0 Å². The summed E-state index contributed by atoms with van der Waals surface area (Å²) >= 11 is -4.10. The van der Waals surface area contributed by atoms with Gasteiger partial charge in [-0.2, -0.15) is 0 Å². The molecule has 2 aromatic carbocycles. The zero-order valence-electron chi connectivity index (χ0n) is 35.1. The summed E-state index contributed by atoms with van der Waals surface area (Å²) in [5, 5.41) is 0. The van der Waals surface area contributed by atoms with Crippen LogP contribution >= 0.6 is 17.0 Å². The molecule has 11 heteroatoms. The van der Waals surface area contributed by atoms with E-state index in [4.69, 9.17) is 34.7 Å². The molecule has 2 aliphatic carbocycles. The maximum absolute atomic E-state index is 7.93. The first-order valence-electron chi connectivity index (χ1n) is 21.1. The van der Waals surface area contributed by atoms with E-state index in [0.29, 0.717) is 0 Å². The van der Waals surface area contributed by atoms with Gasteiger partial charge in [-0.1, -0.05) is 0 Å². The van der Waals surface area contributed by atoms with Crippen LogP contribution in [-0.2, 0) is 17.9 Å². The Labute approximate surface area is 339 Å². The predicted octanol–water partition coefficient (Wildman–Crippen LogP) is 15.5. The summed E-state index contributed by atoms with van der Waals surface area (Å²) in [6.07, 6.45) is 9.05. The van der Waals surface area contributed by atoms with E-state index < -0.39 is 51.1 Å². The first-order chi connectivity index (χ1) is 25.3. The molecule has 0 spiro atoms. The number of allylic oxidation sites excluding steroid dienone is 2. The number of hydrogen-bond donors (Lipinski definition) is 0. The summed E-state index contributed by atoms with van der Waals surface area (Å²) < 4.78 is 28.6. The Kier molecular flexibility index (Phi) is 16.0. The summed E-state index contributed by atoms with van der Waals surface area (Å²) in [6.45, 7) is 27.5. The Morgan fingerprint density at radius 3 is 0.868 bits per heavy atom. The summed E-state index contributed by atoms with van der Waals surface area (Å²) in [5.74, 6) is 3.66. The van der Waals surface area contributed by atoms with Gasteiger partial charge in [0.2, 0.25) is 0 Å². The zero-order valence-corrected chi connectivity index (χ0v) is 43.1. The van der Waals surface area contributed by atoms with Gasteiger partial charge in [0.25, 0.3) is 0 Å². The van der Waals surface area contributed by atoms with Gasteiger partial charge in [-0.05, 0) is 0 Å². The minimum absolute atomic E-state index is 0.0258. The monoisotopic (exact) mass is 910 g/mol. The van der Waals surface area contributed by atoms with Crippen LogP contribution in [-0.4, -0.2) is 33.3 Å². The third-order valence-electron chi connectivity index (χ3n) is 13.8. The van der Waals surface area contributed by atoms with Gasteiger partial charge in [0.05, 0.1) is 0 Å². The van der Waals surface area contributed by atoms with Crippen molar-refractivity contribution in [2.45, 2.75) is 163 Å². The first kappa shape index (κ1) is 45.2. The van der Waals surface area contributed by atoms with Crippen molar-refractivity contribution >= 4 is 62.4 Å². The van der Waals surface area contributed by atoms with Gasteiger partial charge in [0, 0.05) is 0 Å². The molecule has 0 bridgehead atoms. The maximum atomic E-state index is 7.93. The quantitative estimate of drug-likeness (QED) is 0.110. The molecule has 2 aromatic rings. The number of fused-ring (bicyclic) bond motifs is 2. The summed E-state index contributed by atoms with van der Waals surface area (Å²) in [4.78, 5) is 0. The molecule has 2 atom stereocenters. The van der Waals surface area contributed by atoms with E-state index >= 15 is 0 Å². The van der Waals surface area contributed by atoms with Crippen molar-refractivity contribution in [3.05, 3.63) is 58.7 Å². The molecule has 0 heterocycles. The van der Waals surface area contributed by atoms with E-state index in [-0.39, 0.29) is 7.25 Å². The van der Waals surface area contributed by atoms with Crippen LogP contribution in [0.5, 0.6) is 23.0 Å². The molecule has 0 radical (unpaired) electrons. The molecule has 53 heavy (non-hydrogen) atoms. The number of halogens is 2. The van der Waals surface area contributed by atoms with Crippen LogP contribution in [0.2, 0.25) is 72.5 Å². The first-order valence-corrected chi connectivity index (χ1v) is 40.4. The van der Waals surface area contributed by atoms with Crippen LogP contribution in [0.1, 0.15) is 113 Å². The van der Waals surface area contributed by atoms with E-state index in [1.54, 1.807) is 0 Å². The molecule has 4 nitrogen and oxygen atoms in total. The normalized spacial score (nSPS) is 17.2. The fraction of sp³-hybridized carbons (Fsp3) is 0.619. The molecule has 296 valence electrons. The van der Waals surface area contributed by atoms with Gasteiger partial charge in [-0.25, -0.2) is 0 Å². The molecule has 0 amide bonds. The minimum atomic E-state index is -4.10. The molecule has 0 aliphatic heterocycles. The fourth-order valence-corrected chi connectivity index (χ4v) is 29.3. The average Bonchev–Trinajstić information content (AvgIpc) is 3.81. The Morgan fingerprint density at radius 1 is 0.415 bits per heavy atom. The SMILES string of the molecule is CC[Si](CC)(CC)Oc1cc2c(cc1O[Si](CC)(CC)CC)[CH]([Zr]([Cl])([Cl])[CH]1C=Cc3cc(O[Si](CC)(CC)CC)c(O[Si](CC)(CC)CC)cc31)C=C2. The third-order valence-corrected chi connectivity index (χ3v) is 44.0. The van der Waals surface area contributed by atoms with E-state index in [2.05, 4.69) is 132 Å². The van der Waals surface area contributed by atoms with E-state index in [0.717, 1.165) is 95.5 Å². The molecule has 0 saturated heterocycles. The summed E-state index contributed by atoms with van der Waals surface area (Å²) in [5.41, 5.74) is 4.74. The average molecular weight is 913 g/mol. The second kappa shape index (κ2) is 18.8. The molecule has 4 rings (SSSR count). The molecular formula is C42H70Cl2O4Si4Zr. The molecule has 0 saturated carbocycles. The van der Waals surface area contributed by atoms with E-state index in [9.17, 15) is 0 Å². The number of rotatable bonds is 22. The van der Waals surface area contributed by atoms with Crippen LogP contribution in [0.4, 0.5) is 0 Å². The van der Waals surface area contributed by atoms with Crippen LogP contribution in [0.3, 0.4) is 0 Å². The van der Waals surface area contributed by atoms with Gasteiger partial charge in [-0.3, -0.25) is 0 Å². The Balaban J connectivity index is 1.83. The van der Waals surface area contributed by atoms with Gasteiger partial charge in [0.1, 0.15) is 0 Å². The van der Waals surface area contributed by atoms with E-state index in [1.165, 1.54) is 22.3 Å². The van der Waals surface area contributed by atoms with Crippen molar-refractivity contribution < 1.29 is 35.6 Å². The van der Waals surface area contributed by atoms with Crippen molar-refractivity contribution in [1.29, 1.82) is 0 Å². The van der Waals surface area contributed by atoms with Crippen molar-refractivity contribution in [2.24, 2.45) is 0 Å². The third kappa shape index (κ3) is 9.12.